The van der Waals surface area contributed by atoms with Gasteiger partial charge in [0.2, 0.25) is 0 Å². The zero-order valence-electron chi connectivity index (χ0n) is 11.3. The van der Waals surface area contributed by atoms with Crippen molar-refractivity contribution in [3.63, 3.8) is 0 Å². The predicted molar refractivity (Wildman–Crippen MR) is 82.6 cm³/mol. The van der Waals surface area contributed by atoms with Gasteiger partial charge in [0, 0.05) is 32.8 Å². The first kappa shape index (κ1) is 16.5. The van der Waals surface area contributed by atoms with E-state index in [1.165, 1.54) is 12.3 Å². The van der Waals surface area contributed by atoms with Crippen LogP contribution in [0, 0.1) is 5.82 Å². The lowest BCUT2D eigenvalue weighted by Gasteiger charge is -2.10. The molecule has 0 spiro atoms. The van der Waals surface area contributed by atoms with Crippen molar-refractivity contribution >= 4 is 35.7 Å². The minimum Gasteiger partial charge on any atom is -0.329 e. The van der Waals surface area contributed by atoms with Gasteiger partial charge in [-0.1, -0.05) is 35.8 Å². The Balaban J connectivity index is 2.45. The number of aromatic nitrogens is 2. The molecule has 0 saturated carbocycles. The lowest BCUT2D eigenvalue weighted by Crippen LogP contribution is -2.07. The SMILES string of the molecule is CC(C)c1nc(S(=O)(=O)Cl)cn1Cc1ccc(Br)cc1F. The van der Waals surface area contributed by atoms with Crippen molar-refractivity contribution in [1.29, 1.82) is 0 Å². The van der Waals surface area contributed by atoms with Crippen LogP contribution in [0.2, 0.25) is 0 Å². The van der Waals surface area contributed by atoms with Crippen LogP contribution in [0.4, 0.5) is 4.39 Å². The number of nitrogens with zero attached hydrogens (tertiary/aromatic N) is 2. The Morgan fingerprint density at radius 3 is 2.62 bits per heavy atom. The highest BCUT2D eigenvalue weighted by Gasteiger charge is 2.20. The smallest absolute Gasteiger partial charge is 0.280 e. The Labute approximate surface area is 135 Å². The van der Waals surface area contributed by atoms with E-state index in [1.54, 1.807) is 16.7 Å². The maximum atomic E-state index is 13.9. The third-order valence-corrected chi connectivity index (χ3v) is 4.57. The second-order valence-electron chi connectivity index (χ2n) is 4.89. The van der Waals surface area contributed by atoms with Crippen molar-refractivity contribution in [2.45, 2.75) is 31.3 Å². The summed E-state index contributed by atoms with van der Waals surface area (Å²) in [6, 6.07) is 4.72. The molecule has 2 rings (SSSR count). The monoisotopic (exact) mass is 394 g/mol. The molecule has 1 aromatic carbocycles. The fourth-order valence-electron chi connectivity index (χ4n) is 1.94. The number of hydrogen-bond donors (Lipinski definition) is 0. The zero-order chi connectivity index (χ0) is 15.8. The van der Waals surface area contributed by atoms with E-state index < -0.39 is 9.05 Å². The molecule has 0 N–H and O–H groups in total. The van der Waals surface area contributed by atoms with Crippen molar-refractivity contribution < 1.29 is 12.8 Å². The van der Waals surface area contributed by atoms with Gasteiger partial charge in [0.05, 0.1) is 6.54 Å². The van der Waals surface area contributed by atoms with E-state index in [0.717, 1.165) is 0 Å². The normalized spacial score (nSPS) is 12.1. The van der Waals surface area contributed by atoms with Crippen molar-refractivity contribution in [3.8, 4) is 0 Å². The maximum absolute atomic E-state index is 13.9. The molecule has 4 nitrogen and oxygen atoms in total. The standard InChI is InChI=1S/C13H13BrClFN2O2S/c1-8(2)13-17-12(21(15,19)20)7-18(13)6-9-3-4-10(14)5-11(9)16/h3-5,7-8H,6H2,1-2H3. The Morgan fingerprint density at radius 2 is 2.10 bits per heavy atom. The van der Waals surface area contributed by atoms with Crippen LogP contribution in [0.5, 0.6) is 0 Å². The van der Waals surface area contributed by atoms with E-state index in [0.29, 0.717) is 15.9 Å². The summed E-state index contributed by atoms with van der Waals surface area (Å²) in [6.45, 7) is 3.94. The van der Waals surface area contributed by atoms with Crippen LogP contribution < -0.4 is 0 Å². The fourth-order valence-corrected chi connectivity index (χ4v) is 2.96. The van der Waals surface area contributed by atoms with Gasteiger partial charge in [-0.3, -0.25) is 0 Å². The van der Waals surface area contributed by atoms with Crippen LogP contribution in [-0.4, -0.2) is 18.0 Å². The average Bonchev–Trinajstić information content (AvgIpc) is 2.76. The van der Waals surface area contributed by atoms with Gasteiger partial charge >= 0.3 is 0 Å². The Hall–Kier alpha value is -0.920. The first-order valence-electron chi connectivity index (χ1n) is 6.14. The lowest BCUT2D eigenvalue weighted by atomic mass is 10.2. The van der Waals surface area contributed by atoms with Gasteiger partial charge < -0.3 is 4.57 Å². The first-order valence-corrected chi connectivity index (χ1v) is 9.24. The summed E-state index contributed by atoms with van der Waals surface area (Å²) >= 11 is 3.19. The van der Waals surface area contributed by atoms with Crippen LogP contribution in [0.25, 0.3) is 0 Å². The van der Waals surface area contributed by atoms with Crippen LogP contribution in [0.15, 0.2) is 33.9 Å². The summed E-state index contributed by atoms with van der Waals surface area (Å²) in [5.74, 6) is 0.148. The van der Waals surface area contributed by atoms with Crippen LogP contribution >= 0.6 is 26.6 Å². The van der Waals surface area contributed by atoms with Gasteiger partial charge in [-0.15, -0.1) is 0 Å². The molecule has 0 unspecified atom stereocenters. The zero-order valence-corrected chi connectivity index (χ0v) is 14.5. The van der Waals surface area contributed by atoms with E-state index in [-0.39, 0.29) is 23.3 Å². The topological polar surface area (TPSA) is 52.0 Å². The molecule has 0 atom stereocenters. The van der Waals surface area contributed by atoms with Gasteiger partial charge in [0.1, 0.15) is 11.6 Å². The third kappa shape index (κ3) is 3.84. The minimum atomic E-state index is -3.91. The summed E-state index contributed by atoms with van der Waals surface area (Å²) in [5, 5.41) is -0.217. The molecule has 8 heteroatoms. The molecule has 0 saturated heterocycles. The number of benzene rings is 1. The van der Waals surface area contributed by atoms with Crippen LogP contribution in [0.3, 0.4) is 0 Å². The molecule has 0 aliphatic rings. The second-order valence-corrected chi connectivity index (χ2v) is 8.32. The fraction of sp³-hybridized carbons (Fsp3) is 0.308. The summed E-state index contributed by atoms with van der Waals surface area (Å²) in [7, 11) is 1.41. The average molecular weight is 396 g/mol. The molecule has 114 valence electrons. The molecule has 0 bridgehead atoms. The molecule has 0 fully saturated rings. The second kappa shape index (κ2) is 6.06. The van der Waals surface area contributed by atoms with Crippen molar-refractivity contribution in [2.24, 2.45) is 0 Å². The van der Waals surface area contributed by atoms with Crippen LogP contribution in [-0.2, 0) is 15.6 Å². The van der Waals surface area contributed by atoms with E-state index >= 15 is 0 Å². The summed E-state index contributed by atoms with van der Waals surface area (Å²) < 4.78 is 38.9. The molecule has 21 heavy (non-hydrogen) atoms. The Morgan fingerprint density at radius 1 is 1.43 bits per heavy atom. The van der Waals surface area contributed by atoms with Gasteiger partial charge in [-0.2, -0.15) is 0 Å². The molecule has 0 aliphatic carbocycles. The van der Waals surface area contributed by atoms with Crippen molar-refractivity contribution in [2.75, 3.05) is 0 Å². The highest BCUT2D eigenvalue weighted by atomic mass is 79.9. The van der Waals surface area contributed by atoms with Gasteiger partial charge in [0.25, 0.3) is 9.05 Å². The van der Waals surface area contributed by atoms with Gasteiger partial charge in [0.15, 0.2) is 5.03 Å². The summed E-state index contributed by atoms with van der Waals surface area (Å²) in [6.07, 6.45) is 1.33. The largest absolute Gasteiger partial charge is 0.329 e. The molecule has 0 aliphatic heterocycles. The van der Waals surface area contributed by atoms with Gasteiger partial charge in [-0.25, -0.2) is 17.8 Å². The number of rotatable bonds is 4. The summed E-state index contributed by atoms with van der Waals surface area (Å²) in [4.78, 5) is 4.04. The minimum absolute atomic E-state index is 0.0179. The van der Waals surface area contributed by atoms with Crippen molar-refractivity contribution in [3.05, 3.63) is 46.1 Å². The maximum Gasteiger partial charge on any atom is 0.280 e. The number of imidazole rings is 1. The van der Waals surface area contributed by atoms with E-state index in [4.69, 9.17) is 10.7 Å². The molecule has 0 amide bonds. The summed E-state index contributed by atoms with van der Waals surface area (Å²) in [5.41, 5.74) is 0.441. The lowest BCUT2D eigenvalue weighted by molar-refractivity contribution is 0.588. The molecular formula is C13H13BrClFN2O2S. The molecule has 1 heterocycles. The first-order chi connectivity index (χ1) is 9.68. The Kier molecular flexibility index (Phi) is 4.75. The van der Waals surface area contributed by atoms with Crippen molar-refractivity contribution in [1.82, 2.24) is 9.55 Å². The predicted octanol–water partition coefficient (Wildman–Crippen LogP) is 3.88. The molecule has 2 aromatic rings. The molecule has 1 aromatic heterocycles. The number of hydrogen-bond acceptors (Lipinski definition) is 3. The van der Waals surface area contributed by atoms with E-state index in [1.807, 2.05) is 13.8 Å². The quantitative estimate of drug-likeness (QED) is 0.738. The highest BCUT2D eigenvalue weighted by molar-refractivity contribution is 9.10. The van der Waals surface area contributed by atoms with Crippen LogP contribution in [0.1, 0.15) is 31.2 Å². The molecular weight excluding hydrogens is 383 g/mol. The van der Waals surface area contributed by atoms with E-state index in [2.05, 4.69) is 20.9 Å². The molecule has 0 radical (unpaired) electrons. The highest BCUT2D eigenvalue weighted by Crippen LogP contribution is 2.22. The Bertz CT molecular complexity index is 774. The number of halogens is 3. The van der Waals surface area contributed by atoms with E-state index in [9.17, 15) is 12.8 Å². The third-order valence-electron chi connectivity index (χ3n) is 2.91. The van der Waals surface area contributed by atoms with Gasteiger partial charge in [-0.05, 0) is 12.1 Å².